The van der Waals surface area contributed by atoms with Gasteiger partial charge in [0.15, 0.2) is 5.79 Å². The summed E-state index contributed by atoms with van der Waals surface area (Å²) < 4.78 is 25.8. The molecule has 3 nitrogen and oxygen atoms in total. The Bertz CT molecular complexity index is 283. The average Bonchev–Trinajstić information content (AvgIpc) is 2.69. The number of ether oxygens (including phenoxy) is 2. The topological polar surface area (TPSA) is 38.7 Å². The second-order valence-corrected chi connectivity index (χ2v) is 4.78. The lowest BCUT2D eigenvalue weighted by molar-refractivity contribution is -0.267. The molecule has 80 valence electrons. The van der Waals surface area contributed by atoms with Crippen molar-refractivity contribution in [2.75, 3.05) is 19.8 Å². The molecule has 2 saturated carbocycles. The highest BCUT2D eigenvalue weighted by molar-refractivity contribution is 5.04. The van der Waals surface area contributed by atoms with Gasteiger partial charge >= 0.3 is 0 Å². The molecule has 0 radical (unpaired) electrons. The molecule has 1 spiro atoms. The van der Waals surface area contributed by atoms with Gasteiger partial charge in [0.2, 0.25) is 0 Å². The van der Waals surface area contributed by atoms with E-state index in [1.165, 1.54) is 0 Å². The van der Waals surface area contributed by atoms with E-state index in [2.05, 4.69) is 0 Å². The van der Waals surface area contributed by atoms with Gasteiger partial charge in [-0.25, -0.2) is 0 Å². The zero-order valence-corrected chi connectivity index (χ0v) is 8.24. The summed E-state index contributed by atoms with van der Waals surface area (Å²) in [6, 6.07) is 0. The van der Waals surface area contributed by atoms with Gasteiger partial charge in [-0.05, 0) is 31.1 Å². The van der Waals surface area contributed by atoms with Crippen LogP contribution in [0.15, 0.2) is 0 Å². The summed E-state index contributed by atoms with van der Waals surface area (Å²) in [6.07, 6.45) is 3.16. The molecule has 1 saturated heterocycles. The Balaban J connectivity index is 1.61. The minimum absolute atomic E-state index is 0.246. The minimum Gasteiger partial charge on any atom is -0.396 e. The van der Waals surface area contributed by atoms with Crippen molar-refractivity contribution in [3.8, 4) is 0 Å². The molecule has 1 heterocycles. The molecular weight excluding hydrogens is 180 g/mol. The van der Waals surface area contributed by atoms with E-state index in [9.17, 15) is 5.11 Å². The first kappa shape index (κ1) is 7.20. The van der Waals surface area contributed by atoms with Gasteiger partial charge in [0.1, 0.15) is 0 Å². The monoisotopic (exact) mass is 200 g/mol. The molecular formula is C11H18O3. The molecule has 3 rings (SSSR count). The highest BCUT2D eigenvalue weighted by Crippen LogP contribution is 2.59. The van der Waals surface area contributed by atoms with Gasteiger partial charge in [0.25, 0.3) is 0 Å². The Hall–Kier alpha value is -0.120. The van der Waals surface area contributed by atoms with Gasteiger partial charge in [-0.15, -0.1) is 0 Å². The van der Waals surface area contributed by atoms with E-state index in [-0.39, 0.29) is 18.1 Å². The number of rotatable bonds is 2. The smallest absolute Gasteiger partial charge is 0.171 e. The van der Waals surface area contributed by atoms with Crippen molar-refractivity contribution < 1.29 is 17.3 Å². The van der Waals surface area contributed by atoms with E-state index in [1.54, 1.807) is 0 Å². The molecule has 1 aliphatic heterocycles. The summed E-state index contributed by atoms with van der Waals surface area (Å²) in [7, 11) is 0. The van der Waals surface area contributed by atoms with Crippen LogP contribution in [0.25, 0.3) is 0 Å². The van der Waals surface area contributed by atoms with Gasteiger partial charge in [0.05, 0.1) is 16.0 Å². The molecule has 0 unspecified atom stereocenters. The maximum Gasteiger partial charge on any atom is 0.171 e. The maximum absolute atomic E-state index is 9.20. The van der Waals surface area contributed by atoms with E-state index in [4.69, 9.17) is 12.2 Å². The van der Waals surface area contributed by atoms with Crippen LogP contribution in [-0.2, 0) is 9.47 Å². The van der Waals surface area contributed by atoms with E-state index >= 15 is 0 Å². The molecule has 1 N–H and O–H groups in total. The molecule has 0 aromatic carbocycles. The Kier molecular flexibility index (Phi) is 1.64. The SMILES string of the molecule is [2H]C([2H])(O)C[C@@H]1C[C@@H]2CC3(OCCO3)[C@@H]2C1. The largest absolute Gasteiger partial charge is 0.396 e. The van der Waals surface area contributed by atoms with Crippen LogP contribution in [0.5, 0.6) is 0 Å². The first-order valence-corrected chi connectivity index (χ1v) is 5.49. The average molecular weight is 200 g/mol. The van der Waals surface area contributed by atoms with Gasteiger partial charge < -0.3 is 14.6 Å². The predicted octanol–water partition coefficient (Wildman–Crippen LogP) is 1.16. The van der Waals surface area contributed by atoms with Crippen LogP contribution in [0, 0.1) is 17.8 Å². The molecule has 3 atom stereocenters. The standard InChI is InChI=1S/C11H18O3/c12-2-1-8-5-9-7-11(10(9)6-8)13-3-4-14-11/h8-10,12H,1-7H2/t8-,9-,10-/m1/s1/i2D2. The number of hydrogen-bond donors (Lipinski definition) is 1. The summed E-state index contributed by atoms with van der Waals surface area (Å²) in [5.74, 6) is 0.997. The van der Waals surface area contributed by atoms with Gasteiger partial charge in [-0.1, -0.05) is 0 Å². The molecule has 0 amide bonds. The van der Waals surface area contributed by atoms with Crippen molar-refractivity contribution in [1.29, 1.82) is 0 Å². The third-order valence-corrected chi connectivity index (χ3v) is 4.06. The zero-order valence-electron chi connectivity index (χ0n) is 10.2. The van der Waals surface area contributed by atoms with Crippen molar-refractivity contribution in [3.63, 3.8) is 0 Å². The molecule has 2 aliphatic carbocycles. The fraction of sp³-hybridized carbons (Fsp3) is 1.00. The molecule has 3 aliphatic rings. The Morgan fingerprint density at radius 2 is 2.14 bits per heavy atom. The molecule has 0 aromatic heterocycles. The number of fused-ring (bicyclic) bond motifs is 2. The summed E-state index contributed by atoms with van der Waals surface area (Å²) >= 11 is 0. The summed E-state index contributed by atoms with van der Waals surface area (Å²) in [6.45, 7) is -0.650. The van der Waals surface area contributed by atoms with Crippen LogP contribution in [0.4, 0.5) is 0 Å². The van der Waals surface area contributed by atoms with E-state index < -0.39 is 6.56 Å². The van der Waals surface area contributed by atoms with Crippen molar-refractivity contribution in [2.24, 2.45) is 17.8 Å². The highest BCUT2D eigenvalue weighted by atomic mass is 16.7. The normalized spacial score (nSPS) is 47.1. The van der Waals surface area contributed by atoms with Gasteiger partial charge in [0, 0.05) is 18.9 Å². The van der Waals surface area contributed by atoms with Crippen LogP contribution in [0.3, 0.4) is 0 Å². The first-order valence-electron chi connectivity index (χ1n) is 6.49. The number of hydrogen-bond acceptors (Lipinski definition) is 3. The first-order chi connectivity index (χ1) is 7.49. The second-order valence-electron chi connectivity index (χ2n) is 4.78. The van der Waals surface area contributed by atoms with Crippen molar-refractivity contribution >= 4 is 0 Å². The summed E-state index contributed by atoms with van der Waals surface area (Å²) in [5.41, 5.74) is 0. The van der Waals surface area contributed by atoms with E-state index in [1.807, 2.05) is 0 Å². The Morgan fingerprint density at radius 3 is 2.86 bits per heavy atom. The zero-order chi connectivity index (χ0) is 11.4. The van der Waals surface area contributed by atoms with Gasteiger partial charge in [-0.3, -0.25) is 0 Å². The van der Waals surface area contributed by atoms with Gasteiger partial charge in [-0.2, -0.15) is 0 Å². The minimum atomic E-state index is -2.03. The third kappa shape index (κ3) is 1.16. The molecule has 3 fully saturated rings. The molecule has 0 bridgehead atoms. The predicted molar refractivity (Wildman–Crippen MR) is 50.7 cm³/mol. The lowest BCUT2D eigenvalue weighted by Crippen LogP contribution is -2.52. The van der Waals surface area contributed by atoms with Crippen LogP contribution < -0.4 is 0 Å². The second kappa shape index (κ2) is 3.19. The summed E-state index contributed by atoms with van der Waals surface area (Å²) in [5, 5.41) is 9.20. The number of aliphatic hydroxyl groups is 1. The van der Waals surface area contributed by atoms with Crippen LogP contribution in [-0.4, -0.2) is 30.7 Å². The fourth-order valence-electron chi connectivity index (χ4n) is 3.46. The van der Waals surface area contributed by atoms with Crippen molar-refractivity contribution in [1.82, 2.24) is 0 Å². The lowest BCUT2D eigenvalue weighted by atomic mass is 9.70. The lowest BCUT2D eigenvalue weighted by Gasteiger charge is -2.47. The Labute approximate surface area is 87.2 Å². The van der Waals surface area contributed by atoms with E-state index in [0.29, 0.717) is 25.0 Å². The van der Waals surface area contributed by atoms with Crippen LogP contribution >= 0.6 is 0 Å². The molecule has 0 aromatic rings. The molecule has 3 heteroatoms. The quantitative estimate of drug-likeness (QED) is 0.727. The van der Waals surface area contributed by atoms with Crippen molar-refractivity contribution in [3.05, 3.63) is 0 Å². The van der Waals surface area contributed by atoms with Crippen LogP contribution in [0.2, 0.25) is 0 Å². The van der Waals surface area contributed by atoms with E-state index in [0.717, 1.165) is 19.3 Å². The van der Waals surface area contributed by atoms with Crippen LogP contribution in [0.1, 0.15) is 28.4 Å². The maximum atomic E-state index is 9.20. The molecule has 14 heavy (non-hydrogen) atoms. The highest BCUT2D eigenvalue weighted by Gasteiger charge is 2.61. The third-order valence-electron chi connectivity index (χ3n) is 4.06. The van der Waals surface area contributed by atoms with Crippen molar-refractivity contribution in [2.45, 2.75) is 31.5 Å². The summed E-state index contributed by atoms with van der Waals surface area (Å²) in [4.78, 5) is 0. The fourth-order valence-corrected chi connectivity index (χ4v) is 3.46. The Morgan fingerprint density at radius 1 is 1.36 bits per heavy atom.